The molecule has 3 aromatic rings. The SMILES string of the molecule is CCOc1cccc(-c2ccc(C(=O)Nc3ccc(C(C)C)cc3)cn2)c1. The topological polar surface area (TPSA) is 51.2 Å². The number of nitrogens with zero attached hydrogens (tertiary/aromatic N) is 1. The first-order valence-electron chi connectivity index (χ1n) is 9.17. The molecule has 1 heterocycles. The van der Waals surface area contributed by atoms with Gasteiger partial charge in [0.05, 0.1) is 17.9 Å². The van der Waals surface area contributed by atoms with Gasteiger partial charge in [-0.3, -0.25) is 9.78 Å². The maximum atomic E-state index is 12.4. The van der Waals surface area contributed by atoms with Gasteiger partial charge in [0, 0.05) is 17.4 Å². The molecule has 4 nitrogen and oxygen atoms in total. The van der Waals surface area contributed by atoms with Gasteiger partial charge in [0.1, 0.15) is 5.75 Å². The smallest absolute Gasteiger partial charge is 0.257 e. The summed E-state index contributed by atoms with van der Waals surface area (Å²) in [7, 11) is 0. The molecule has 4 heteroatoms. The number of carbonyl (C=O) groups excluding carboxylic acids is 1. The number of hydrogen-bond donors (Lipinski definition) is 1. The predicted molar refractivity (Wildman–Crippen MR) is 109 cm³/mol. The standard InChI is InChI=1S/C23H24N2O2/c1-4-27-21-7-5-6-18(14-21)22-13-10-19(15-24-22)23(26)25-20-11-8-17(9-12-20)16(2)3/h5-16H,4H2,1-3H3,(H,25,26). The molecule has 0 saturated heterocycles. The molecular weight excluding hydrogens is 336 g/mol. The second kappa shape index (κ2) is 8.49. The number of benzene rings is 2. The van der Waals surface area contributed by atoms with Crippen LogP contribution in [0.2, 0.25) is 0 Å². The molecule has 0 spiro atoms. The summed E-state index contributed by atoms with van der Waals surface area (Å²) >= 11 is 0. The van der Waals surface area contributed by atoms with E-state index in [-0.39, 0.29) is 5.91 Å². The molecule has 0 atom stereocenters. The van der Waals surface area contributed by atoms with Gasteiger partial charge in [-0.25, -0.2) is 0 Å². The summed E-state index contributed by atoms with van der Waals surface area (Å²) in [4.78, 5) is 16.9. The molecule has 0 bridgehead atoms. The highest BCUT2D eigenvalue weighted by Gasteiger charge is 2.09. The van der Waals surface area contributed by atoms with Gasteiger partial charge < -0.3 is 10.1 Å². The highest BCUT2D eigenvalue weighted by molar-refractivity contribution is 6.04. The van der Waals surface area contributed by atoms with Crippen LogP contribution in [-0.4, -0.2) is 17.5 Å². The van der Waals surface area contributed by atoms with Gasteiger partial charge in [0.25, 0.3) is 5.91 Å². The van der Waals surface area contributed by atoms with E-state index in [2.05, 4.69) is 24.1 Å². The summed E-state index contributed by atoms with van der Waals surface area (Å²) in [6, 6.07) is 19.3. The van der Waals surface area contributed by atoms with Gasteiger partial charge in [-0.2, -0.15) is 0 Å². The Morgan fingerprint density at radius 2 is 1.85 bits per heavy atom. The fourth-order valence-corrected chi connectivity index (χ4v) is 2.77. The number of carbonyl (C=O) groups is 1. The molecular formula is C23H24N2O2. The Labute approximate surface area is 160 Å². The third-order valence-electron chi connectivity index (χ3n) is 4.30. The minimum absolute atomic E-state index is 0.172. The van der Waals surface area contributed by atoms with Gasteiger partial charge >= 0.3 is 0 Å². The van der Waals surface area contributed by atoms with E-state index in [0.29, 0.717) is 18.1 Å². The van der Waals surface area contributed by atoms with Gasteiger partial charge in [-0.05, 0) is 54.8 Å². The number of nitrogens with one attached hydrogen (secondary N) is 1. The average Bonchev–Trinajstić information content (AvgIpc) is 2.69. The molecule has 1 aromatic heterocycles. The molecule has 0 radical (unpaired) electrons. The monoisotopic (exact) mass is 360 g/mol. The zero-order chi connectivity index (χ0) is 19.2. The third-order valence-corrected chi connectivity index (χ3v) is 4.30. The summed E-state index contributed by atoms with van der Waals surface area (Å²) in [5.74, 6) is 1.10. The van der Waals surface area contributed by atoms with Crippen LogP contribution in [0.1, 0.15) is 42.6 Å². The number of aromatic nitrogens is 1. The van der Waals surface area contributed by atoms with Gasteiger partial charge in [-0.1, -0.05) is 38.1 Å². The van der Waals surface area contributed by atoms with E-state index in [9.17, 15) is 4.79 Å². The first-order valence-corrected chi connectivity index (χ1v) is 9.17. The highest BCUT2D eigenvalue weighted by atomic mass is 16.5. The van der Waals surface area contributed by atoms with Crippen molar-refractivity contribution in [2.45, 2.75) is 26.7 Å². The molecule has 2 aromatic carbocycles. The largest absolute Gasteiger partial charge is 0.494 e. The summed E-state index contributed by atoms with van der Waals surface area (Å²) in [6.45, 7) is 6.86. The lowest BCUT2D eigenvalue weighted by Gasteiger charge is -2.09. The molecule has 1 amide bonds. The van der Waals surface area contributed by atoms with Gasteiger partial charge in [0.15, 0.2) is 0 Å². The average molecular weight is 360 g/mol. The maximum Gasteiger partial charge on any atom is 0.257 e. The fourth-order valence-electron chi connectivity index (χ4n) is 2.77. The highest BCUT2D eigenvalue weighted by Crippen LogP contribution is 2.23. The minimum Gasteiger partial charge on any atom is -0.494 e. The Kier molecular flexibility index (Phi) is 5.87. The number of rotatable bonds is 6. The van der Waals surface area contributed by atoms with Crippen molar-refractivity contribution in [1.82, 2.24) is 4.98 Å². The number of ether oxygens (including phenoxy) is 1. The lowest BCUT2D eigenvalue weighted by Crippen LogP contribution is -2.12. The minimum atomic E-state index is -0.172. The third kappa shape index (κ3) is 4.73. The lowest BCUT2D eigenvalue weighted by atomic mass is 10.0. The normalized spacial score (nSPS) is 10.7. The van der Waals surface area contributed by atoms with Crippen LogP contribution in [0.3, 0.4) is 0 Å². The van der Waals surface area contributed by atoms with Crippen molar-refractivity contribution < 1.29 is 9.53 Å². The Bertz CT molecular complexity index is 900. The molecule has 27 heavy (non-hydrogen) atoms. The quantitative estimate of drug-likeness (QED) is 0.629. The van der Waals surface area contributed by atoms with Crippen molar-refractivity contribution in [3.63, 3.8) is 0 Å². The molecule has 0 aliphatic heterocycles. The van der Waals surface area contributed by atoms with E-state index >= 15 is 0 Å². The summed E-state index contributed by atoms with van der Waals surface area (Å²) < 4.78 is 5.53. The van der Waals surface area contributed by atoms with Gasteiger partial charge in [-0.15, -0.1) is 0 Å². The maximum absolute atomic E-state index is 12.4. The molecule has 0 aliphatic carbocycles. The van der Waals surface area contributed by atoms with Crippen LogP contribution in [0.4, 0.5) is 5.69 Å². The van der Waals surface area contributed by atoms with E-state index in [1.54, 1.807) is 12.3 Å². The summed E-state index contributed by atoms with van der Waals surface area (Å²) in [6.07, 6.45) is 1.60. The van der Waals surface area contributed by atoms with E-state index in [1.165, 1.54) is 5.56 Å². The van der Waals surface area contributed by atoms with Crippen LogP contribution < -0.4 is 10.1 Å². The van der Waals surface area contributed by atoms with Crippen molar-refractivity contribution in [1.29, 1.82) is 0 Å². The van der Waals surface area contributed by atoms with Crippen molar-refractivity contribution in [3.05, 3.63) is 78.0 Å². The first kappa shape index (κ1) is 18.6. The van der Waals surface area contributed by atoms with Crippen molar-refractivity contribution >= 4 is 11.6 Å². The van der Waals surface area contributed by atoms with Crippen LogP contribution in [0, 0.1) is 0 Å². The second-order valence-electron chi connectivity index (χ2n) is 6.62. The molecule has 3 rings (SSSR count). The molecule has 0 aliphatic rings. The van der Waals surface area contributed by atoms with Gasteiger partial charge in [0.2, 0.25) is 0 Å². The molecule has 0 saturated carbocycles. The first-order chi connectivity index (χ1) is 13.1. The molecule has 1 N–H and O–H groups in total. The van der Waals surface area contributed by atoms with Crippen LogP contribution in [0.25, 0.3) is 11.3 Å². The van der Waals surface area contributed by atoms with Crippen LogP contribution in [0.15, 0.2) is 66.9 Å². The van der Waals surface area contributed by atoms with Crippen molar-refractivity contribution in [2.24, 2.45) is 0 Å². The molecule has 138 valence electrons. The lowest BCUT2D eigenvalue weighted by molar-refractivity contribution is 0.102. The molecule has 0 unspecified atom stereocenters. The van der Waals surface area contributed by atoms with Crippen molar-refractivity contribution in [3.8, 4) is 17.0 Å². The number of hydrogen-bond acceptors (Lipinski definition) is 3. The van der Waals surface area contributed by atoms with Crippen LogP contribution in [0.5, 0.6) is 5.75 Å². The summed E-state index contributed by atoms with van der Waals surface area (Å²) in [5.41, 5.74) is 4.30. The fraction of sp³-hybridized carbons (Fsp3) is 0.217. The van der Waals surface area contributed by atoms with E-state index in [4.69, 9.17) is 4.74 Å². The predicted octanol–water partition coefficient (Wildman–Crippen LogP) is 5.52. The Hall–Kier alpha value is -3.14. The number of amides is 1. The second-order valence-corrected chi connectivity index (χ2v) is 6.62. The number of anilines is 1. The Morgan fingerprint density at radius 3 is 2.48 bits per heavy atom. The zero-order valence-corrected chi connectivity index (χ0v) is 15.9. The van der Waals surface area contributed by atoms with Crippen LogP contribution in [-0.2, 0) is 0 Å². The Morgan fingerprint density at radius 1 is 1.07 bits per heavy atom. The van der Waals surface area contributed by atoms with E-state index < -0.39 is 0 Å². The summed E-state index contributed by atoms with van der Waals surface area (Å²) in [5, 5.41) is 2.91. The van der Waals surface area contributed by atoms with Crippen LogP contribution >= 0.6 is 0 Å². The van der Waals surface area contributed by atoms with E-state index in [0.717, 1.165) is 22.7 Å². The number of pyridine rings is 1. The van der Waals surface area contributed by atoms with Crippen molar-refractivity contribution in [2.75, 3.05) is 11.9 Å². The zero-order valence-electron chi connectivity index (χ0n) is 15.9. The molecule has 0 fully saturated rings. The van der Waals surface area contributed by atoms with E-state index in [1.807, 2.05) is 61.5 Å². The Balaban J connectivity index is 1.71.